The second kappa shape index (κ2) is 8.02. The number of hydrogen-bond donors (Lipinski definition) is 2. The van der Waals surface area contributed by atoms with Gasteiger partial charge >= 0.3 is 5.97 Å². The number of fused-ring (bicyclic) bond motifs is 1. The summed E-state index contributed by atoms with van der Waals surface area (Å²) >= 11 is 0. The molecule has 0 bridgehead atoms. The van der Waals surface area contributed by atoms with Crippen LogP contribution >= 0.6 is 0 Å². The molecular formula is C24H22N2O5. The molecule has 0 spiro atoms. The maximum Gasteiger partial charge on any atom is 0.340 e. The zero-order valence-electron chi connectivity index (χ0n) is 17.4. The number of aryl methyl sites for hydroxylation is 1. The van der Waals surface area contributed by atoms with Crippen LogP contribution in [0.5, 0.6) is 11.5 Å². The van der Waals surface area contributed by atoms with Crippen molar-refractivity contribution in [2.24, 2.45) is 0 Å². The zero-order chi connectivity index (χ0) is 22.1. The van der Waals surface area contributed by atoms with E-state index in [0.29, 0.717) is 28.3 Å². The van der Waals surface area contributed by atoms with Crippen molar-refractivity contribution >= 4 is 23.3 Å². The number of carboxylic acids is 1. The summed E-state index contributed by atoms with van der Waals surface area (Å²) in [7, 11) is 2.84. The van der Waals surface area contributed by atoms with Gasteiger partial charge in [-0.15, -0.1) is 0 Å². The van der Waals surface area contributed by atoms with Crippen LogP contribution in [0.4, 0.5) is 11.4 Å². The first-order valence-electron chi connectivity index (χ1n) is 9.70. The molecule has 7 nitrogen and oxygen atoms in total. The summed E-state index contributed by atoms with van der Waals surface area (Å²) in [6.07, 6.45) is -0.768. The van der Waals surface area contributed by atoms with Gasteiger partial charge in [-0.05, 0) is 42.8 Å². The highest BCUT2D eigenvalue weighted by molar-refractivity contribution is 6.12. The van der Waals surface area contributed by atoms with Gasteiger partial charge < -0.3 is 19.9 Å². The third kappa shape index (κ3) is 3.44. The number of aromatic carboxylic acids is 1. The number of benzene rings is 3. The number of carboxylic acid groups (broad SMARTS) is 1. The predicted octanol–water partition coefficient (Wildman–Crippen LogP) is 4.48. The number of methoxy groups -OCH3 is 2. The quantitative estimate of drug-likeness (QED) is 0.635. The number of nitrogens with zero attached hydrogens (tertiary/aromatic N) is 1. The monoisotopic (exact) mass is 418 g/mol. The van der Waals surface area contributed by atoms with Gasteiger partial charge in [-0.3, -0.25) is 9.69 Å². The van der Waals surface area contributed by atoms with Gasteiger partial charge in [0.2, 0.25) is 0 Å². The van der Waals surface area contributed by atoms with E-state index >= 15 is 0 Å². The lowest BCUT2D eigenvalue weighted by Crippen LogP contribution is -2.43. The van der Waals surface area contributed by atoms with Gasteiger partial charge in [0.25, 0.3) is 5.91 Å². The van der Waals surface area contributed by atoms with Crippen molar-refractivity contribution in [2.45, 2.75) is 13.1 Å². The standard InChI is InChI=1S/C24H22N2O5/c1-14-7-6-8-15(13-14)26-22(25-18-10-5-4-9-16(18)23(26)27)17-11-12-19(30-2)21(31-3)20(17)24(28)29/h4-13,22,25H,1-3H3,(H,28,29)/t22-/m1/s1. The van der Waals surface area contributed by atoms with Crippen LogP contribution in [-0.4, -0.2) is 31.2 Å². The Balaban J connectivity index is 1.97. The van der Waals surface area contributed by atoms with Crippen molar-refractivity contribution in [3.63, 3.8) is 0 Å². The Labute approximate surface area is 179 Å². The molecular weight excluding hydrogens is 396 g/mol. The summed E-state index contributed by atoms with van der Waals surface area (Å²) in [5.41, 5.74) is 3.10. The molecule has 31 heavy (non-hydrogen) atoms. The number of hydrogen-bond acceptors (Lipinski definition) is 5. The number of nitrogens with one attached hydrogen (secondary N) is 1. The normalized spacial score (nSPS) is 15.1. The lowest BCUT2D eigenvalue weighted by Gasteiger charge is -2.39. The van der Waals surface area contributed by atoms with E-state index in [9.17, 15) is 14.7 Å². The predicted molar refractivity (Wildman–Crippen MR) is 117 cm³/mol. The van der Waals surface area contributed by atoms with Crippen LogP contribution in [0.1, 0.15) is 38.0 Å². The second-order valence-corrected chi connectivity index (χ2v) is 7.18. The van der Waals surface area contributed by atoms with Crippen molar-refractivity contribution in [1.82, 2.24) is 0 Å². The summed E-state index contributed by atoms with van der Waals surface area (Å²) < 4.78 is 10.7. The largest absolute Gasteiger partial charge is 0.493 e. The first kappa shape index (κ1) is 20.3. The molecule has 0 saturated carbocycles. The van der Waals surface area contributed by atoms with Crippen LogP contribution in [0.25, 0.3) is 0 Å². The Kier molecular flexibility index (Phi) is 5.25. The fraction of sp³-hybridized carbons (Fsp3) is 0.167. The van der Waals surface area contributed by atoms with E-state index in [-0.39, 0.29) is 17.2 Å². The lowest BCUT2D eigenvalue weighted by molar-refractivity contribution is 0.0689. The molecule has 0 aliphatic carbocycles. The number of para-hydroxylation sites is 1. The highest BCUT2D eigenvalue weighted by Gasteiger charge is 2.37. The van der Waals surface area contributed by atoms with Gasteiger partial charge in [0.05, 0.1) is 19.8 Å². The zero-order valence-corrected chi connectivity index (χ0v) is 17.4. The van der Waals surface area contributed by atoms with Crippen LogP contribution < -0.4 is 19.7 Å². The summed E-state index contributed by atoms with van der Waals surface area (Å²) in [6, 6.07) is 18.0. The number of carbonyl (C=O) groups is 2. The third-order valence-corrected chi connectivity index (χ3v) is 5.29. The fourth-order valence-corrected chi connectivity index (χ4v) is 3.91. The van der Waals surface area contributed by atoms with Gasteiger partial charge in [0.15, 0.2) is 11.5 Å². The van der Waals surface area contributed by atoms with E-state index in [0.717, 1.165) is 5.56 Å². The maximum atomic E-state index is 13.6. The highest BCUT2D eigenvalue weighted by Crippen LogP contribution is 2.42. The molecule has 3 aromatic carbocycles. The number of rotatable bonds is 5. The van der Waals surface area contributed by atoms with Crippen molar-refractivity contribution in [2.75, 3.05) is 24.4 Å². The van der Waals surface area contributed by atoms with Crippen molar-refractivity contribution in [3.05, 3.63) is 82.9 Å². The van der Waals surface area contributed by atoms with Crippen molar-refractivity contribution in [1.29, 1.82) is 0 Å². The molecule has 1 aliphatic rings. The van der Waals surface area contributed by atoms with Crippen LogP contribution in [-0.2, 0) is 0 Å². The minimum atomic E-state index is -1.18. The van der Waals surface area contributed by atoms with Gasteiger partial charge in [-0.2, -0.15) is 0 Å². The van der Waals surface area contributed by atoms with Gasteiger partial charge in [0.1, 0.15) is 11.7 Å². The Morgan fingerprint density at radius 3 is 2.48 bits per heavy atom. The Bertz CT molecular complexity index is 1170. The van der Waals surface area contributed by atoms with Crippen LogP contribution in [0.2, 0.25) is 0 Å². The summed E-state index contributed by atoms with van der Waals surface area (Å²) in [5.74, 6) is -1.00. The Morgan fingerprint density at radius 1 is 1.03 bits per heavy atom. The van der Waals surface area contributed by atoms with Crippen molar-refractivity contribution < 1.29 is 24.2 Å². The summed E-state index contributed by atoms with van der Waals surface area (Å²) in [4.78, 5) is 27.4. The number of carbonyl (C=O) groups excluding carboxylic acids is 1. The Hall–Kier alpha value is -4.00. The lowest BCUT2D eigenvalue weighted by atomic mass is 9.97. The molecule has 0 aromatic heterocycles. The number of ether oxygens (including phenoxy) is 2. The molecule has 158 valence electrons. The average Bonchev–Trinajstić information content (AvgIpc) is 2.77. The van der Waals surface area contributed by atoms with Crippen LogP contribution in [0, 0.1) is 6.92 Å². The van der Waals surface area contributed by atoms with Gasteiger partial charge in [-0.25, -0.2) is 4.79 Å². The summed E-state index contributed by atoms with van der Waals surface area (Å²) in [6.45, 7) is 1.94. The third-order valence-electron chi connectivity index (χ3n) is 5.29. The molecule has 3 aromatic rings. The molecule has 2 N–H and O–H groups in total. The smallest absolute Gasteiger partial charge is 0.340 e. The van der Waals surface area contributed by atoms with E-state index in [2.05, 4.69) is 5.32 Å². The molecule has 1 atom stereocenters. The van der Waals surface area contributed by atoms with E-state index in [1.807, 2.05) is 37.3 Å². The van der Waals surface area contributed by atoms with E-state index in [1.54, 1.807) is 35.2 Å². The minimum absolute atomic E-state index is 0.0656. The molecule has 4 rings (SSSR count). The second-order valence-electron chi connectivity index (χ2n) is 7.18. The fourth-order valence-electron chi connectivity index (χ4n) is 3.91. The van der Waals surface area contributed by atoms with E-state index in [1.165, 1.54) is 14.2 Å². The van der Waals surface area contributed by atoms with Gasteiger partial charge in [-0.1, -0.05) is 30.3 Å². The number of anilines is 2. The average molecular weight is 418 g/mol. The maximum absolute atomic E-state index is 13.6. The molecule has 0 fully saturated rings. The van der Waals surface area contributed by atoms with E-state index in [4.69, 9.17) is 9.47 Å². The topological polar surface area (TPSA) is 88.1 Å². The van der Waals surface area contributed by atoms with Gasteiger partial charge in [0, 0.05) is 16.9 Å². The first-order chi connectivity index (χ1) is 15.0. The van der Waals surface area contributed by atoms with Crippen LogP contribution in [0.3, 0.4) is 0 Å². The number of amides is 1. The SMILES string of the molecule is COc1ccc([C@@H]2Nc3ccccc3C(=O)N2c2cccc(C)c2)c(C(=O)O)c1OC. The molecule has 1 amide bonds. The minimum Gasteiger partial charge on any atom is -0.493 e. The Morgan fingerprint density at radius 2 is 1.81 bits per heavy atom. The molecule has 0 saturated heterocycles. The summed E-state index contributed by atoms with van der Waals surface area (Å²) in [5, 5.41) is 13.4. The highest BCUT2D eigenvalue weighted by atomic mass is 16.5. The molecule has 1 heterocycles. The first-order valence-corrected chi connectivity index (χ1v) is 9.70. The van der Waals surface area contributed by atoms with Crippen molar-refractivity contribution in [3.8, 4) is 11.5 Å². The molecule has 0 unspecified atom stereocenters. The van der Waals surface area contributed by atoms with Crippen LogP contribution in [0.15, 0.2) is 60.7 Å². The molecule has 1 aliphatic heterocycles. The van der Waals surface area contributed by atoms with E-state index < -0.39 is 12.1 Å². The molecule has 0 radical (unpaired) electrons. The molecule has 7 heteroatoms.